The number of nitrogens with zero attached hydrogens (tertiary/aromatic N) is 2. The second kappa shape index (κ2) is 9.43. The second-order valence-corrected chi connectivity index (χ2v) is 7.51. The molecule has 1 N–H and O–H groups in total. The molecule has 0 aliphatic carbocycles. The molecule has 1 amide bonds. The summed E-state index contributed by atoms with van der Waals surface area (Å²) < 4.78 is 16.5. The number of benzene rings is 1. The first-order chi connectivity index (χ1) is 13.9. The highest BCUT2D eigenvalue weighted by molar-refractivity contribution is 5.93. The number of carbonyl (C=O) groups is 1. The molecule has 2 heterocycles. The molecule has 29 heavy (non-hydrogen) atoms. The van der Waals surface area contributed by atoms with Gasteiger partial charge in [-0.15, -0.1) is 0 Å². The van der Waals surface area contributed by atoms with Gasteiger partial charge >= 0.3 is 0 Å². The summed E-state index contributed by atoms with van der Waals surface area (Å²) in [5, 5.41) is 6.79. The number of hydrogen-bond acceptors (Lipinski definition) is 6. The van der Waals surface area contributed by atoms with E-state index in [2.05, 4.69) is 24.3 Å². The van der Waals surface area contributed by atoms with Gasteiger partial charge in [0.1, 0.15) is 11.5 Å². The highest BCUT2D eigenvalue weighted by Gasteiger charge is 2.20. The van der Waals surface area contributed by atoms with Crippen molar-refractivity contribution in [3.05, 3.63) is 60.2 Å². The van der Waals surface area contributed by atoms with Gasteiger partial charge < -0.3 is 19.0 Å². The maximum atomic E-state index is 12.5. The van der Waals surface area contributed by atoms with Crippen LogP contribution in [0.4, 0.5) is 0 Å². The third-order valence-electron chi connectivity index (χ3n) is 4.42. The molecule has 0 unspecified atom stereocenters. The normalized spacial score (nSPS) is 12.3. The zero-order valence-electron chi connectivity index (χ0n) is 17.2. The Morgan fingerprint density at radius 1 is 1.21 bits per heavy atom. The number of ether oxygens (including phenoxy) is 1. The fourth-order valence-electron chi connectivity index (χ4n) is 2.80. The second-order valence-electron chi connectivity index (χ2n) is 7.51. The van der Waals surface area contributed by atoms with E-state index in [0.717, 1.165) is 17.1 Å². The molecule has 0 saturated heterocycles. The molecule has 2 aromatic heterocycles. The summed E-state index contributed by atoms with van der Waals surface area (Å²) in [5.41, 5.74) is 1.06. The van der Waals surface area contributed by atoms with Crippen molar-refractivity contribution < 1.29 is 18.5 Å². The Morgan fingerprint density at radius 3 is 2.59 bits per heavy atom. The molecule has 0 saturated carbocycles. The van der Waals surface area contributed by atoms with Gasteiger partial charge in [-0.3, -0.25) is 9.69 Å². The molecule has 1 atom stereocenters. The van der Waals surface area contributed by atoms with E-state index in [1.807, 2.05) is 55.4 Å². The number of rotatable bonds is 9. The maximum Gasteiger partial charge on any atom is 0.273 e. The highest BCUT2D eigenvalue weighted by Crippen LogP contribution is 2.24. The number of likely N-dealkylation sites (N-methyl/N-ethyl adjacent to an activating group) is 1. The zero-order chi connectivity index (χ0) is 20.8. The number of carbonyl (C=O) groups excluding carboxylic acids is 1. The lowest BCUT2D eigenvalue weighted by molar-refractivity contribution is 0.0930. The number of aromatic nitrogens is 1. The lowest BCUT2D eigenvalue weighted by Gasteiger charge is -2.22. The lowest BCUT2D eigenvalue weighted by atomic mass is 10.1. The van der Waals surface area contributed by atoms with Gasteiger partial charge in [0.2, 0.25) is 0 Å². The minimum absolute atomic E-state index is 0.0706. The molecule has 0 aliphatic rings. The molecule has 7 nitrogen and oxygen atoms in total. The van der Waals surface area contributed by atoms with Crippen LogP contribution in [-0.4, -0.2) is 43.2 Å². The van der Waals surface area contributed by atoms with E-state index in [9.17, 15) is 4.79 Å². The van der Waals surface area contributed by atoms with Crippen molar-refractivity contribution >= 4 is 5.91 Å². The molecule has 7 heteroatoms. The van der Waals surface area contributed by atoms with Crippen LogP contribution in [0.1, 0.15) is 36.1 Å². The van der Waals surface area contributed by atoms with Crippen LogP contribution in [-0.2, 0) is 0 Å². The van der Waals surface area contributed by atoms with Crippen molar-refractivity contribution in [2.24, 2.45) is 5.92 Å². The summed E-state index contributed by atoms with van der Waals surface area (Å²) in [7, 11) is 3.87. The fourth-order valence-corrected chi connectivity index (χ4v) is 2.80. The van der Waals surface area contributed by atoms with E-state index < -0.39 is 0 Å². The van der Waals surface area contributed by atoms with Crippen LogP contribution >= 0.6 is 0 Å². The Morgan fingerprint density at radius 2 is 1.97 bits per heavy atom. The molecule has 154 valence electrons. The van der Waals surface area contributed by atoms with Gasteiger partial charge in [-0.1, -0.05) is 19.0 Å². The van der Waals surface area contributed by atoms with Gasteiger partial charge in [-0.05, 0) is 56.4 Å². The number of furan rings is 1. The predicted molar refractivity (Wildman–Crippen MR) is 110 cm³/mol. The summed E-state index contributed by atoms with van der Waals surface area (Å²) in [6.45, 7) is 5.26. The van der Waals surface area contributed by atoms with Crippen molar-refractivity contribution in [3.63, 3.8) is 0 Å². The first-order valence-corrected chi connectivity index (χ1v) is 9.62. The maximum absolute atomic E-state index is 12.5. The zero-order valence-corrected chi connectivity index (χ0v) is 17.2. The van der Waals surface area contributed by atoms with Crippen LogP contribution < -0.4 is 10.1 Å². The Bertz CT molecular complexity index is 899. The van der Waals surface area contributed by atoms with Crippen molar-refractivity contribution in [1.82, 2.24) is 15.4 Å². The molecule has 0 radical (unpaired) electrons. The van der Waals surface area contributed by atoms with Gasteiger partial charge in [-0.2, -0.15) is 0 Å². The minimum Gasteiger partial charge on any atom is -0.493 e. The SMILES string of the molecule is CC(C)COc1ccc(-c2cc(C(=O)NC[C@H](c3ccco3)N(C)C)no2)cc1. The van der Waals surface area contributed by atoms with Crippen molar-refractivity contribution in [1.29, 1.82) is 0 Å². The largest absolute Gasteiger partial charge is 0.493 e. The average molecular weight is 397 g/mol. The van der Waals surface area contributed by atoms with E-state index in [-0.39, 0.29) is 17.6 Å². The predicted octanol–water partition coefficient (Wildman–Crippen LogP) is 4.00. The minimum atomic E-state index is -0.296. The standard InChI is InChI=1S/C22H27N3O4/c1-15(2)14-28-17-9-7-16(8-10-17)21-12-18(24-29-21)22(26)23-13-19(25(3)4)20-6-5-11-27-20/h5-12,15,19H,13-14H2,1-4H3,(H,23,26)/t19-/m1/s1. The first kappa shape index (κ1) is 20.7. The van der Waals surface area contributed by atoms with Crippen LogP contribution in [0.15, 0.2) is 57.7 Å². The van der Waals surface area contributed by atoms with Crippen molar-refractivity contribution in [2.75, 3.05) is 27.2 Å². The van der Waals surface area contributed by atoms with Crippen LogP contribution in [0.25, 0.3) is 11.3 Å². The molecule has 0 bridgehead atoms. The monoisotopic (exact) mass is 397 g/mol. The third-order valence-corrected chi connectivity index (χ3v) is 4.42. The van der Waals surface area contributed by atoms with Crippen LogP contribution in [0.3, 0.4) is 0 Å². The van der Waals surface area contributed by atoms with Crippen LogP contribution in [0, 0.1) is 5.92 Å². The highest BCUT2D eigenvalue weighted by atomic mass is 16.5. The van der Waals surface area contributed by atoms with Crippen LogP contribution in [0.2, 0.25) is 0 Å². The molecule has 0 fully saturated rings. The van der Waals surface area contributed by atoms with E-state index in [1.165, 1.54) is 0 Å². The van der Waals surface area contributed by atoms with Gasteiger partial charge in [-0.25, -0.2) is 0 Å². The number of nitrogens with one attached hydrogen (secondary N) is 1. The number of amides is 1. The van der Waals surface area contributed by atoms with E-state index in [0.29, 0.717) is 24.8 Å². The lowest BCUT2D eigenvalue weighted by Crippen LogP contribution is -2.34. The summed E-state index contributed by atoms with van der Waals surface area (Å²) in [6.07, 6.45) is 1.62. The topological polar surface area (TPSA) is 80.7 Å². The fraction of sp³-hybridized carbons (Fsp3) is 0.364. The first-order valence-electron chi connectivity index (χ1n) is 9.62. The van der Waals surface area contributed by atoms with Crippen LogP contribution in [0.5, 0.6) is 5.75 Å². The molecule has 3 rings (SSSR count). The summed E-state index contributed by atoms with van der Waals surface area (Å²) in [6, 6.07) is 12.8. The Kier molecular flexibility index (Phi) is 6.72. The molecular weight excluding hydrogens is 370 g/mol. The summed E-state index contributed by atoms with van der Waals surface area (Å²) in [4.78, 5) is 14.5. The molecule has 1 aromatic carbocycles. The molecular formula is C22H27N3O4. The summed E-state index contributed by atoms with van der Waals surface area (Å²) >= 11 is 0. The van der Waals surface area contributed by atoms with E-state index in [1.54, 1.807) is 12.3 Å². The number of hydrogen-bond donors (Lipinski definition) is 1. The average Bonchev–Trinajstić information content (AvgIpc) is 3.39. The van der Waals surface area contributed by atoms with Gasteiger partial charge in [0.25, 0.3) is 5.91 Å². The molecule has 0 spiro atoms. The van der Waals surface area contributed by atoms with Gasteiger partial charge in [0.15, 0.2) is 11.5 Å². The quantitative estimate of drug-likeness (QED) is 0.588. The third kappa shape index (κ3) is 5.48. The van der Waals surface area contributed by atoms with Crippen molar-refractivity contribution in [3.8, 4) is 17.1 Å². The Balaban J connectivity index is 1.61. The van der Waals surface area contributed by atoms with E-state index in [4.69, 9.17) is 13.7 Å². The van der Waals surface area contributed by atoms with Gasteiger partial charge in [0.05, 0.1) is 18.9 Å². The molecule has 3 aromatic rings. The van der Waals surface area contributed by atoms with Gasteiger partial charge in [0, 0.05) is 18.2 Å². The molecule has 0 aliphatic heterocycles. The summed E-state index contributed by atoms with van der Waals surface area (Å²) in [5.74, 6) is 2.28. The van der Waals surface area contributed by atoms with Crippen molar-refractivity contribution in [2.45, 2.75) is 19.9 Å². The Labute approximate surface area is 170 Å². The van der Waals surface area contributed by atoms with E-state index >= 15 is 0 Å². The Hall–Kier alpha value is -3.06. The smallest absolute Gasteiger partial charge is 0.273 e.